The number of hydrogen-bond donors (Lipinski definition) is 1. The van der Waals surface area contributed by atoms with Crippen LogP contribution in [0.5, 0.6) is 0 Å². The van der Waals surface area contributed by atoms with Crippen LogP contribution in [0.4, 0.5) is 5.69 Å². The number of fused-ring (bicyclic) bond motifs is 1. The highest BCUT2D eigenvalue weighted by Crippen LogP contribution is 2.23. The average molecular weight is 223 g/mol. The molecule has 0 saturated carbocycles. The first kappa shape index (κ1) is 9.90. The third-order valence-electron chi connectivity index (χ3n) is 2.88. The molecule has 0 spiro atoms. The van der Waals surface area contributed by atoms with Gasteiger partial charge in [0.25, 0.3) is 0 Å². The zero-order valence-electron chi connectivity index (χ0n) is 9.59. The predicted molar refractivity (Wildman–Crippen MR) is 69.8 cm³/mol. The first-order chi connectivity index (χ1) is 8.25. The van der Waals surface area contributed by atoms with Gasteiger partial charge in [0.2, 0.25) is 0 Å². The Bertz CT molecular complexity index is 669. The molecule has 0 saturated heterocycles. The largest absolute Gasteiger partial charge is 0.399 e. The molecule has 3 heteroatoms. The van der Waals surface area contributed by atoms with Gasteiger partial charge in [-0.1, -0.05) is 30.3 Å². The molecule has 0 aliphatic heterocycles. The van der Waals surface area contributed by atoms with Crippen LogP contribution in [-0.4, -0.2) is 9.38 Å². The topological polar surface area (TPSA) is 43.3 Å². The van der Waals surface area contributed by atoms with E-state index in [1.54, 1.807) is 0 Å². The summed E-state index contributed by atoms with van der Waals surface area (Å²) in [4.78, 5) is 4.61. The van der Waals surface area contributed by atoms with Gasteiger partial charge in [0.05, 0.1) is 11.2 Å². The van der Waals surface area contributed by atoms with Crippen molar-refractivity contribution >= 4 is 11.2 Å². The van der Waals surface area contributed by atoms with Crippen molar-refractivity contribution in [3.8, 4) is 11.4 Å². The van der Waals surface area contributed by atoms with Crippen molar-refractivity contribution < 1.29 is 0 Å². The molecule has 0 unspecified atom stereocenters. The summed E-state index contributed by atoms with van der Waals surface area (Å²) in [6.07, 6.45) is 1.97. The summed E-state index contributed by atoms with van der Waals surface area (Å²) in [5, 5.41) is 0. The maximum absolute atomic E-state index is 5.80. The van der Waals surface area contributed by atoms with Crippen molar-refractivity contribution in [2.75, 3.05) is 5.73 Å². The highest BCUT2D eigenvalue weighted by Gasteiger charge is 2.09. The van der Waals surface area contributed by atoms with Crippen LogP contribution in [0, 0.1) is 6.92 Å². The fraction of sp³-hybridized carbons (Fsp3) is 0.0714. The van der Waals surface area contributed by atoms with E-state index in [0.717, 1.165) is 28.3 Å². The molecular weight excluding hydrogens is 210 g/mol. The van der Waals surface area contributed by atoms with Gasteiger partial charge in [-0.2, -0.15) is 0 Å². The molecule has 1 aromatic carbocycles. The molecular formula is C14H13N3. The van der Waals surface area contributed by atoms with Crippen LogP contribution in [0.25, 0.3) is 16.9 Å². The number of pyridine rings is 1. The van der Waals surface area contributed by atoms with E-state index in [2.05, 4.69) is 21.5 Å². The summed E-state index contributed by atoms with van der Waals surface area (Å²) in [5.41, 5.74) is 9.73. The molecule has 0 bridgehead atoms. The van der Waals surface area contributed by atoms with Gasteiger partial charge < -0.3 is 5.73 Å². The minimum Gasteiger partial charge on any atom is -0.399 e. The summed E-state index contributed by atoms with van der Waals surface area (Å²) in [6.45, 7) is 2.00. The van der Waals surface area contributed by atoms with Crippen molar-refractivity contribution in [1.29, 1.82) is 0 Å². The number of anilines is 1. The molecule has 3 rings (SSSR count). The number of aromatic nitrogens is 2. The highest BCUT2D eigenvalue weighted by molar-refractivity contribution is 5.68. The Labute approximate surface area is 99.5 Å². The summed E-state index contributed by atoms with van der Waals surface area (Å²) in [7, 11) is 0. The van der Waals surface area contributed by atoms with E-state index in [0.29, 0.717) is 0 Å². The second kappa shape index (κ2) is 3.63. The predicted octanol–water partition coefficient (Wildman–Crippen LogP) is 2.89. The lowest BCUT2D eigenvalue weighted by molar-refractivity contribution is 1.16. The van der Waals surface area contributed by atoms with Crippen molar-refractivity contribution in [2.24, 2.45) is 0 Å². The molecule has 0 atom stereocenters. The monoisotopic (exact) mass is 223 g/mol. The van der Waals surface area contributed by atoms with Gasteiger partial charge in [-0.05, 0) is 19.1 Å². The van der Waals surface area contributed by atoms with E-state index in [1.807, 2.05) is 43.5 Å². The molecule has 2 aromatic heterocycles. The van der Waals surface area contributed by atoms with E-state index in [1.165, 1.54) is 0 Å². The zero-order valence-corrected chi connectivity index (χ0v) is 9.59. The Balaban J connectivity index is 2.32. The lowest BCUT2D eigenvalue weighted by Crippen LogP contribution is -1.91. The quantitative estimate of drug-likeness (QED) is 0.689. The third-order valence-corrected chi connectivity index (χ3v) is 2.88. The van der Waals surface area contributed by atoms with Crippen molar-refractivity contribution in [2.45, 2.75) is 6.92 Å². The number of nitrogens with two attached hydrogens (primary N) is 1. The number of benzene rings is 1. The summed E-state index contributed by atoms with van der Waals surface area (Å²) < 4.78 is 2.07. The van der Waals surface area contributed by atoms with Crippen LogP contribution in [0.1, 0.15) is 5.69 Å². The Morgan fingerprint density at radius 2 is 1.88 bits per heavy atom. The molecule has 2 heterocycles. The lowest BCUT2D eigenvalue weighted by atomic mass is 10.2. The van der Waals surface area contributed by atoms with E-state index >= 15 is 0 Å². The van der Waals surface area contributed by atoms with Crippen LogP contribution in [0.2, 0.25) is 0 Å². The molecule has 0 aliphatic carbocycles. The minimum atomic E-state index is 0.764. The number of hydrogen-bond acceptors (Lipinski definition) is 2. The summed E-state index contributed by atoms with van der Waals surface area (Å²) in [6, 6.07) is 14.0. The molecule has 2 N–H and O–H groups in total. The number of nitrogens with zero attached hydrogens (tertiary/aromatic N) is 2. The van der Waals surface area contributed by atoms with Gasteiger partial charge >= 0.3 is 0 Å². The van der Waals surface area contributed by atoms with Crippen LogP contribution in [-0.2, 0) is 0 Å². The van der Waals surface area contributed by atoms with Gasteiger partial charge in [0, 0.05) is 17.4 Å². The van der Waals surface area contributed by atoms with E-state index < -0.39 is 0 Å². The normalized spacial score (nSPS) is 10.9. The Morgan fingerprint density at radius 3 is 2.65 bits per heavy atom. The van der Waals surface area contributed by atoms with Crippen LogP contribution >= 0.6 is 0 Å². The fourth-order valence-corrected chi connectivity index (χ4v) is 2.04. The van der Waals surface area contributed by atoms with Crippen molar-refractivity contribution in [1.82, 2.24) is 9.38 Å². The molecule has 0 aliphatic rings. The molecule has 17 heavy (non-hydrogen) atoms. The summed E-state index contributed by atoms with van der Waals surface area (Å²) in [5.74, 6) is 0.957. The molecule has 0 fully saturated rings. The highest BCUT2D eigenvalue weighted by atomic mass is 15.0. The molecule has 84 valence electrons. The van der Waals surface area contributed by atoms with Crippen LogP contribution in [0.3, 0.4) is 0 Å². The number of aryl methyl sites for hydroxylation is 1. The lowest BCUT2D eigenvalue weighted by Gasteiger charge is -2.01. The van der Waals surface area contributed by atoms with Gasteiger partial charge in [-0.15, -0.1) is 0 Å². The average Bonchev–Trinajstić information content (AvgIpc) is 2.68. The van der Waals surface area contributed by atoms with E-state index in [-0.39, 0.29) is 0 Å². The molecule has 0 amide bonds. The van der Waals surface area contributed by atoms with E-state index in [9.17, 15) is 0 Å². The number of rotatable bonds is 1. The Kier molecular flexibility index (Phi) is 2.11. The SMILES string of the molecule is Cc1nc(-c2ccccc2)n2ccc(N)cc12. The number of nitrogen functional groups attached to an aromatic ring is 1. The molecule has 0 radical (unpaired) electrons. The second-order valence-electron chi connectivity index (χ2n) is 4.10. The van der Waals surface area contributed by atoms with Crippen LogP contribution < -0.4 is 5.73 Å². The second-order valence-corrected chi connectivity index (χ2v) is 4.10. The minimum absolute atomic E-state index is 0.764. The third kappa shape index (κ3) is 1.56. The number of imidazole rings is 1. The maximum atomic E-state index is 5.80. The van der Waals surface area contributed by atoms with Gasteiger partial charge in [0.15, 0.2) is 0 Å². The van der Waals surface area contributed by atoms with Gasteiger partial charge in [-0.25, -0.2) is 4.98 Å². The zero-order chi connectivity index (χ0) is 11.8. The Hall–Kier alpha value is -2.29. The Morgan fingerprint density at radius 1 is 1.12 bits per heavy atom. The van der Waals surface area contributed by atoms with Crippen molar-refractivity contribution in [3.05, 3.63) is 54.4 Å². The fourth-order valence-electron chi connectivity index (χ4n) is 2.04. The maximum Gasteiger partial charge on any atom is 0.144 e. The van der Waals surface area contributed by atoms with Gasteiger partial charge in [-0.3, -0.25) is 4.40 Å². The first-order valence-corrected chi connectivity index (χ1v) is 5.55. The van der Waals surface area contributed by atoms with Gasteiger partial charge in [0.1, 0.15) is 5.82 Å². The first-order valence-electron chi connectivity index (χ1n) is 5.55. The molecule has 3 aromatic rings. The molecule has 3 nitrogen and oxygen atoms in total. The van der Waals surface area contributed by atoms with Crippen molar-refractivity contribution in [3.63, 3.8) is 0 Å². The van der Waals surface area contributed by atoms with E-state index in [4.69, 9.17) is 5.73 Å². The standard InChI is InChI=1S/C14H13N3/c1-10-13-9-12(15)7-8-17(13)14(16-10)11-5-3-2-4-6-11/h2-9H,15H2,1H3. The smallest absolute Gasteiger partial charge is 0.144 e. The van der Waals surface area contributed by atoms with Crippen LogP contribution in [0.15, 0.2) is 48.7 Å². The summed E-state index contributed by atoms with van der Waals surface area (Å²) >= 11 is 0.